The normalized spacial score (nSPS) is 10.4. The van der Waals surface area contributed by atoms with E-state index < -0.39 is 5.97 Å². The quantitative estimate of drug-likeness (QED) is 0.259. The first-order chi connectivity index (χ1) is 12.0. The van der Waals surface area contributed by atoms with Crippen molar-refractivity contribution >= 4 is 39.4 Å². The Balaban J connectivity index is 1.84. The molecule has 132 valence electrons. The Morgan fingerprint density at radius 2 is 1.84 bits per heavy atom. The minimum Gasteiger partial charge on any atom is -0.496 e. The van der Waals surface area contributed by atoms with Gasteiger partial charge in [0.15, 0.2) is 5.78 Å². The second-order valence-electron chi connectivity index (χ2n) is 5.24. The number of thioether (sulfide) groups is 1. The molecule has 0 bridgehead atoms. The van der Waals surface area contributed by atoms with Gasteiger partial charge in [0.05, 0.1) is 13.7 Å². The second-order valence-corrected chi connectivity index (χ2v) is 7.03. The number of halogens is 1. The highest BCUT2D eigenvalue weighted by Crippen LogP contribution is 2.26. The van der Waals surface area contributed by atoms with Gasteiger partial charge in [0.1, 0.15) is 11.3 Å². The molecule has 0 fully saturated rings. The summed E-state index contributed by atoms with van der Waals surface area (Å²) in [7, 11) is 1.52. The summed E-state index contributed by atoms with van der Waals surface area (Å²) in [5.74, 6) is 0.0776. The third-order valence-electron chi connectivity index (χ3n) is 3.58. The molecule has 0 N–H and O–H groups in total. The number of ketones is 1. The number of ether oxygens (including phenoxy) is 2. The molecule has 2 rings (SSSR count). The van der Waals surface area contributed by atoms with E-state index in [2.05, 4.69) is 15.9 Å². The minimum absolute atomic E-state index is 0.0328. The fourth-order valence-corrected chi connectivity index (χ4v) is 2.92. The van der Waals surface area contributed by atoms with Crippen LogP contribution in [0.1, 0.15) is 33.6 Å². The van der Waals surface area contributed by atoms with Crippen molar-refractivity contribution in [3.63, 3.8) is 0 Å². The Bertz CT molecular complexity index is 744. The van der Waals surface area contributed by atoms with Crippen molar-refractivity contribution in [2.75, 3.05) is 20.0 Å². The Hall–Kier alpha value is -1.79. The average Bonchev–Trinajstić information content (AvgIpc) is 2.64. The fraction of sp³-hybridized carbons (Fsp3) is 0.263. The first-order valence-corrected chi connectivity index (χ1v) is 9.75. The summed E-state index contributed by atoms with van der Waals surface area (Å²) in [4.78, 5) is 25.2. The molecule has 0 aliphatic carbocycles. The number of rotatable bonds is 8. The van der Waals surface area contributed by atoms with Crippen LogP contribution >= 0.6 is 27.7 Å². The molecule has 6 heteroatoms. The molecule has 0 aliphatic rings. The van der Waals surface area contributed by atoms with Gasteiger partial charge in [-0.3, -0.25) is 4.79 Å². The lowest BCUT2D eigenvalue weighted by Crippen LogP contribution is -2.09. The summed E-state index contributed by atoms with van der Waals surface area (Å²) in [5.41, 5.74) is 1.04. The number of carbonyl (C=O) groups is 2. The van der Waals surface area contributed by atoms with E-state index >= 15 is 0 Å². The average molecular weight is 423 g/mol. The van der Waals surface area contributed by atoms with Crippen LogP contribution in [-0.2, 0) is 4.74 Å². The van der Waals surface area contributed by atoms with Crippen LogP contribution < -0.4 is 4.74 Å². The van der Waals surface area contributed by atoms with Gasteiger partial charge in [-0.2, -0.15) is 0 Å². The highest BCUT2D eigenvalue weighted by atomic mass is 79.9. The maximum absolute atomic E-state index is 12.2. The Kier molecular flexibility index (Phi) is 7.52. The van der Waals surface area contributed by atoms with E-state index in [9.17, 15) is 9.59 Å². The molecule has 2 aromatic carbocycles. The monoisotopic (exact) mass is 422 g/mol. The van der Waals surface area contributed by atoms with Gasteiger partial charge in [0.2, 0.25) is 0 Å². The van der Waals surface area contributed by atoms with Crippen LogP contribution in [0.2, 0.25) is 0 Å². The van der Waals surface area contributed by atoms with Crippen molar-refractivity contribution < 1.29 is 19.1 Å². The lowest BCUT2D eigenvalue weighted by atomic mass is 10.1. The molecule has 0 amide bonds. The summed E-state index contributed by atoms with van der Waals surface area (Å²) in [6, 6.07) is 12.6. The predicted molar refractivity (Wildman–Crippen MR) is 103 cm³/mol. The summed E-state index contributed by atoms with van der Waals surface area (Å²) < 4.78 is 11.4. The third kappa shape index (κ3) is 5.61. The molecule has 25 heavy (non-hydrogen) atoms. The van der Waals surface area contributed by atoms with E-state index in [-0.39, 0.29) is 12.4 Å². The Morgan fingerprint density at radius 1 is 1.12 bits per heavy atom. The van der Waals surface area contributed by atoms with Gasteiger partial charge in [-0.15, -0.1) is 11.8 Å². The lowest BCUT2D eigenvalue weighted by molar-refractivity contribution is 0.0490. The van der Waals surface area contributed by atoms with Gasteiger partial charge < -0.3 is 9.47 Å². The maximum Gasteiger partial charge on any atom is 0.341 e. The molecule has 0 aliphatic heterocycles. The Labute approximate surface area is 160 Å². The minimum atomic E-state index is -0.444. The smallest absolute Gasteiger partial charge is 0.341 e. The molecule has 2 aromatic rings. The first-order valence-electron chi connectivity index (χ1n) is 7.73. The van der Waals surface area contributed by atoms with Gasteiger partial charge >= 0.3 is 5.97 Å². The summed E-state index contributed by atoms with van der Waals surface area (Å²) in [5, 5.41) is 0. The maximum atomic E-state index is 12.2. The number of hydrogen-bond donors (Lipinski definition) is 0. The van der Waals surface area contributed by atoms with Gasteiger partial charge in [0, 0.05) is 21.4 Å². The topological polar surface area (TPSA) is 52.6 Å². The Morgan fingerprint density at radius 3 is 2.48 bits per heavy atom. The van der Waals surface area contributed by atoms with Crippen LogP contribution in [0.15, 0.2) is 51.8 Å². The molecular formula is C19H19BrO4S. The van der Waals surface area contributed by atoms with E-state index in [1.165, 1.54) is 7.11 Å². The molecule has 0 heterocycles. The SMILES string of the molecule is COc1cc(SC)ccc1C(=O)OCCCC(=O)c1ccc(Br)cc1. The highest BCUT2D eigenvalue weighted by molar-refractivity contribution is 9.10. The number of methoxy groups -OCH3 is 1. The summed E-state index contributed by atoms with van der Waals surface area (Å²) in [6.07, 6.45) is 2.76. The largest absolute Gasteiger partial charge is 0.496 e. The lowest BCUT2D eigenvalue weighted by Gasteiger charge is -2.10. The summed E-state index contributed by atoms with van der Waals surface area (Å²) in [6.45, 7) is 0.189. The van der Waals surface area contributed by atoms with E-state index in [0.717, 1.165) is 9.37 Å². The molecule has 0 saturated carbocycles. The number of esters is 1. The zero-order chi connectivity index (χ0) is 18.2. The van der Waals surface area contributed by atoms with Crippen LogP contribution in [-0.4, -0.2) is 31.7 Å². The molecule has 0 aromatic heterocycles. The van der Waals surface area contributed by atoms with Crippen LogP contribution in [0.5, 0.6) is 5.75 Å². The standard InChI is InChI=1S/C19H19BrO4S/c1-23-18-12-15(25-2)9-10-16(18)19(22)24-11-3-4-17(21)13-5-7-14(20)8-6-13/h5-10,12H,3-4,11H2,1-2H3. The number of carbonyl (C=O) groups excluding carboxylic acids is 2. The molecule has 0 saturated heterocycles. The second kappa shape index (κ2) is 9.63. The molecule has 0 atom stereocenters. The van der Waals surface area contributed by atoms with E-state index in [4.69, 9.17) is 9.47 Å². The van der Waals surface area contributed by atoms with Crippen molar-refractivity contribution in [1.82, 2.24) is 0 Å². The van der Waals surface area contributed by atoms with Gasteiger partial charge in [0.25, 0.3) is 0 Å². The zero-order valence-corrected chi connectivity index (χ0v) is 16.5. The van der Waals surface area contributed by atoms with Crippen LogP contribution in [0.3, 0.4) is 0 Å². The molecule has 0 unspecified atom stereocenters. The summed E-state index contributed by atoms with van der Waals surface area (Å²) >= 11 is 4.91. The van der Waals surface area contributed by atoms with E-state index in [1.54, 1.807) is 36.0 Å². The van der Waals surface area contributed by atoms with Crippen LogP contribution in [0.4, 0.5) is 0 Å². The first kappa shape index (κ1) is 19.5. The molecular weight excluding hydrogens is 404 g/mol. The molecule has 4 nitrogen and oxygen atoms in total. The molecule has 0 spiro atoms. The van der Waals surface area contributed by atoms with Gasteiger partial charge in [-0.1, -0.05) is 28.1 Å². The number of benzene rings is 2. The fourth-order valence-electron chi connectivity index (χ4n) is 2.22. The van der Waals surface area contributed by atoms with Crippen molar-refractivity contribution in [3.8, 4) is 5.75 Å². The van der Waals surface area contributed by atoms with Gasteiger partial charge in [-0.05, 0) is 43.0 Å². The van der Waals surface area contributed by atoms with Crippen molar-refractivity contribution in [2.45, 2.75) is 17.7 Å². The van der Waals surface area contributed by atoms with E-state index in [0.29, 0.717) is 29.7 Å². The highest BCUT2D eigenvalue weighted by Gasteiger charge is 2.14. The predicted octanol–water partition coefficient (Wildman–Crippen LogP) is 5.00. The van der Waals surface area contributed by atoms with E-state index in [1.807, 2.05) is 24.5 Å². The third-order valence-corrected chi connectivity index (χ3v) is 4.83. The van der Waals surface area contributed by atoms with Crippen molar-refractivity contribution in [3.05, 3.63) is 58.1 Å². The van der Waals surface area contributed by atoms with Crippen molar-refractivity contribution in [2.24, 2.45) is 0 Å². The van der Waals surface area contributed by atoms with Crippen molar-refractivity contribution in [1.29, 1.82) is 0 Å². The zero-order valence-electron chi connectivity index (χ0n) is 14.1. The van der Waals surface area contributed by atoms with Crippen LogP contribution in [0, 0.1) is 0 Å². The van der Waals surface area contributed by atoms with Gasteiger partial charge in [-0.25, -0.2) is 4.79 Å². The van der Waals surface area contributed by atoms with Crippen LogP contribution in [0.25, 0.3) is 0 Å². The number of hydrogen-bond acceptors (Lipinski definition) is 5. The molecule has 0 radical (unpaired) electrons. The number of Topliss-reactive ketones (excluding diaryl/α,β-unsaturated/α-hetero) is 1.